The summed E-state index contributed by atoms with van der Waals surface area (Å²) < 4.78 is 0.869. The van der Waals surface area contributed by atoms with E-state index in [1.807, 2.05) is 4.90 Å². The number of likely N-dealkylation sites (N-methyl/N-ethyl adjacent to an activating group) is 1. The fourth-order valence-electron chi connectivity index (χ4n) is 1.47. The van der Waals surface area contributed by atoms with Crippen LogP contribution in [0, 0.1) is 0 Å². The molecule has 0 radical (unpaired) electrons. The van der Waals surface area contributed by atoms with Gasteiger partial charge in [-0.1, -0.05) is 22.5 Å². The van der Waals surface area contributed by atoms with Crippen LogP contribution >= 0.6 is 15.9 Å². The Labute approximate surface area is 99.4 Å². The van der Waals surface area contributed by atoms with Crippen molar-refractivity contribution in [1.82, 2.24) is 15.1 Å². The predicted octanol–water partition coefficient (Wildman–Crippen LogP) is 0.259. The number of piperazine rings is 1. The third-order valence-corrected chi connectivity index (χ3v) is 2.73. The highest BCUT2D eigenvalue weighted by molar-refractivity contribution is 9.11. The molecular formula is C10H18BrN3O. The lowest BCUT2D eigenvalue weighted by molar-refractivity contribution is -0.131. The number of nitrogens with zero attached hydrogens (tertiary/aromatic N) is 2. The van der Waals surface area contributed by atoms with Crippen molar-refractivity contribution in [3.8, 4) is 0 Å². The van der Waals surface area contributed by atoms with Crippen LogP contribution in [0.4, 0.5) is 0 Å². The van der Waals surface area contributed by atoms with Gasteiger partial charge in [-0.15, -0.1) is 0 Å². The molecule has 86 valence electrons. The lowest BCUT2D eigenvalue weighted by Crippen LogP contribution is -2.49. The van der Waals surface area contributed by atoms with Gasteiger partial charge in [-0.3, -0.25) is 4.79 Å². The van der Waals surface area contributed by atoms with E-state index in [0.717, 1.165) is 30.7 Å². The van der Waals surface area contributed by atoms with E-state index < -0.39 is 0 Å². The molecule has 1 saturated heterocycles. The summed E-state index contributed by atoms with van der Waals surface area (Å²) >= 11 is 3.24. The van der Waals surface area contributed by atoms with Gasteiger partial charge in [0.1, 0.15) is 0 Å². The first-order valence-corrected chi connectivity index (χ1v) is 5.89. The molecule has 0 aromatic heterocycles. The van der Waals surface area contributed by atoms with Crippen molar-refractivity contribution in [2.45, 2.75) is 0 Å². The first-order valence-electron chi connectivity index (χ1n) is 5.10. The zero-order valence-corrected chi connectivity index (χ0v) is 10.7. The van der Waals surface area contributed by atoms with Gasteiger partial charge in [0, 0.05) is 37.2 Å². The van der Waals surface area contributed by atoms with Crippen LogP contribution in [-0.2, 0) is 4.79 Å². The Kier molecular flexibility index (Phi) is 5.28. The monoisotopic (exact) mass is 275 g/mol. The smallest absolute Gasteiger partial charge is 0.236 e. The SMILES string of the molecule is C=C(Br)CNCC(=O)N1CCN(C)CC1. The van der Waals surface area contributed by atoms with E-state index in [-0.39, 0.29) is 5.91 Å². The maximum atomic E-state index is 11.7. The molecule has 1 fully saturated rings. The quantitative estimate of drug-likeness (QED) is 0.800. The maximum Gasteiger partial charge on any atom is 0.236 e. The van der Waals surface area contributed by atoms with Crippen molar-refractivity contribution in [3.63, 3.8) is 0 Å². The first kappa shape index (κ1) is 12.7. The molecule has 0 spiro atoms. The van der Waals surface area contributed by atoms with Gasteiger partial charge in [-0.05, 0) is 7.05 Å². The summed E-state index contributed by atoms with van der Waals surface area (Å²) in [5, 5.41) is 3.04. The normalized spacial score (nSPS) is 17.9. The lowest BCUT2D eigenvalue weighted by Gasteiger charge is -2.32. The van der Waals surface area contributed by atoms with Gasteiger partial charge in [0.25, 0.3) is 0 Å². The second kappa shape index (κ2) is 6.25. The Morgan fingerprint density at radius 1 is 1.33 bits per heavy atom. The largest absolute Gasteiger partial charge is 0.339 e. The van der Waals surface area contributed by atoms with Gasteiger partial charge in [0.2, 0.25) is 5.91 Å². The Morgan fingerprint density at radius 2 is 1.93 bits per heavy atom. The highest BCUT2D eigenvalue weighted by Crippen LogP contribution is 2.00. The molecule has 0 bridgehead atoms. The Bertz CT molecular complexity index is 237. The summed E-state index contributed by atoms with van der Waals surface area (Å²) in [6, 6.07) is 0. The van der Waals surface area contributed by atoms with E-state index in [1.54, 1.807) is 0 Å². The zero-order chi connectivity index (χ0) is 11.3. The molecule has 1 amide bonds. The van der Waals surface area contributed by atoms with Crippen LogP contribution in [0.3, 0.4) is 0 Å². The summed E-state index contributed by atoms with van der Waals surface area (Å²) in [5.41, 5.74) is 0. The molecule has 4 nitrogen and oxygen atoms in total. The molecule has 1 aliphatic rings. The minimum atomic E-state index is 0.178. The molecule has 1 N–H and O–H groups in total. The van der Waals surface area contributed by atoms with Gasteiger partial charge in [0.05, 0.1) is 6.54 Å². The van der Waals surface area contributed by atoms with Crippen LogP contribution in [0.15, 0.2) is 11.1 Å². The summed E-state index contributed by atoms with van der Waals surface area (Å²) in [6.07, 6.45) is 0. The number of rotatable bonds is 4. The van der Waals surface area contributed by atoms with E-state index in [0.29, 0.717) is 13.1 Å². The molecule has 15 heavy (non-hydrogen) atoms. The fourth-order valence-corrected chi connectivity index (χ4v) is 1.67. The molecule has 0 aromatic carbocycles. The van der Waals surface area contributed by atoms with Crippen molar-refractivity contribution in [1.29, 1.82) is 0 Å². The van der Waals surface area contributed by atoms with Crippen molar-refractivity contribution in [3.05, 3.63) is 11.1 Å². The molecule has 1 aliphatic heterocycles. The van der Waals surface area contributed by atoms with Crippen LogP contribution in [0.1, 0.15) is 0 Å². The van der Waals surface area contributed by atoms with Crippen molar-refractivity contribution >= 4 is 21.8 Å². The third kappa shape index (κ3) is 4.77. The maximum absolute atomic E-state index is 11.7. The Morgan fingerprint density at radius 3 is 2.47 bits per heavy atom. The summed E-state index contributed by atoms with van der Waals surface area (Å²) in [4.78, 5) is 15.8. The number of halogens is 1. The molecule has 0 aromatic rings. The van der Waals surface area contributed by atoms with Crippen LogP contribution in [0.2, 0.25) is 0 Å². The van der Waals surface area contributed by atoms with E-state index in [2.05, 4.69) is 39.8 Å². The highest BCUT2D eigenvalue weighted by atomic mass is 79.9. The van der Waals surface area contributed by atoms with Gasteiger partial charge < -0.3 is 15.1 Å². The number of amides is 1. The topological polar surface area (TPSA) is 35.6 Å². The second-order valence-corrected chi connectivity index (χ2v) is 4.93. The third-order valence-electron chi connectivity index (χ3n) is 2.45. The number of hydrogen-bond donors (Lipinski definition) is 1. The van der Waals surface area contributed by atoms with E-state index in [9.17, 15) is 4.79 Å². The molecule has 0 unspecified atom stereocenters. The van der Waals surface area contributed by atoms with Gasteiger partial charge >= 0.3 is 0 Å². The second-order valence-electron chi connectivity index (χ2n) is 3.80. The van der Waals surface area contributed by atoms with Gasteiger partial charge in [0.15, 0.2) is 0 Å². The molecule has 0 saturated carbocycles. The summed E-state index contributed by atoms with van der Waals surface area (Å²) in [5.74, 6) is 0.178. The average molecular weight is 276 g/mol. The van der Waals surface area contributed by atoms with Crippen molar-refractivity contribution in [2.24, 2.45) is 0 Å². The Hall–Kier alpha value is -0.390. The first-order chi connectivity index (χ1) is 7.09. The van der Waals surface area contributed by atoms with E-state index in [4.69, 9.17) is 0 Å². The molecule has 1 heterocycles. The van der Waals surface area contributed by atoms with Crippen LogP contribution < -0.4 is 5.32 Å². The zero-order valence-electron chi connectivity index (χ0n) is 9.13. The van der Waals surface area contributed by atoms with Gasteiger partial charge in [-0.25, -0.2) is 0 Å². The number of nitrogens with one attached hydrogen (secondary N) is 1. The number of hydrogen-bond acceptors (Lipinski definition) is 3. The number of carbonyl (C=O) groups is 1. The molecule has 0 atom stereocenters. The van der Waals surface area contributed by atoms with Crippen molar-refractivity contribution in [2.75, 3.05) is 46.3 Å². The van der Waals surface area contributed by atoms with E-state index >= 15 is 0 Å². The summed E-state index contributed by atoms with van der Waals surface area (Å²) in [6.45, 7) is 8.35. The van der Waals surface area contributed by atoms with Crippen LogP contribution in [0.5, 0.6) is 0 Å². The minimum absolute atomic E-state index is 0.178. The van der Waals surface area contributed by atoms with E-state index in [1.165, 1.54) is 0 Å². The summed E-state index contributed by atoms with van der Waals surface area (Å²) in [7, 11) is 2.08. The van der Waals surface area contributed by atoms with Gasteiger partial charge in [-0.2, -0.15) is 0 Å². The molecule has 1 rings (SSSR count). The van der Waals surface area contributed by atoms with Crippen molar-refractivity contribution < 1.29 is 4.79 Å². The molecule has 5 heteroatoms. The lowest BCUT2D eigenvalue weighted by atomic mass is 10.3. The fraction of sp³-hybridized carbons (Fsp3) is 0.700. The predicted molar refractivity (Wildman–Crippen MR) is 65.0 cm³/mol. The van der Waals surface area contributed by atoms with Crippen LogP contribution in [0.25, 0.3) is 0 Å². The highest BCUT2D eigenvalue weighted by Gasteiger charge is 2.18. The molecule has 0 aliphatic carbocycles. The number of carbonyl (C=O) groups excluding carboxylic acids is 1. The average Bonchev–Trinajstić information content (AvgIpc) is 2.18. The molecular weight excluding hydrogens is 258 g/mol. The van der Waals surface area contributed by atoms with Crippen LogP contribution in [-0.4, -0.2) is 62.0 Å². The minimum Gasteiger partial charge on any atom is -0.339 e. The standard InChI is InChI=1S/C10H18BrN3O/c1-9(11)7-12-8-10(15)14-5-3-13(2)4-6-14/h12H,1,3-8H2,2H3. The Balaban J connectivity index is 2.19.